The van der Waals surface area contributed by atoms with Crippen LogP contribution in [0, 0.1) is 6.92 Å². The van der Waals surface area contributed by atoms with Crippen LogP contribution in [-0.2, 0) is 4.79 Å². The fourth-order valence-corrected chi connectivity index (χ4v) is 1.98. The molecule has 0 aliphatic rings. The molecule has 2 aromatic rings. The van der Waals surface area contributed by atoms with E-state index in [2.05, 4.69) is 5.32 Å². The Bertz CT molecular complexity index is 736. The van der Waals surface area contributed by atoms with Crippen molar-refractivity contribution in [2.45, 2.75) is 6.92 Å². The Morgan fingerprint density at radius 3 is 2.41 bits per heavy atom. The number of nitrogens with one attached hydrogen (secondary N) is 1. The molecule has 4 nitrogen and oxygen atoms in total. The van der Waals surface area contributed by atoms with Crippen LogP contribution in [0.25, 0.3) is 6.08 Å². The number of benzene rings is 2. The van der Waals surface area contributed by atoms with Crippen LogP contribution < -0.4 is 5.32 Å². The summed E-state index contributed by atoms with van der Waals surface area (Å²) in [4.78, 5) is 23.4. The lowest BCUT2D eigenvalue weighted by Crippen LogP contribution is -2.27. The number of amides is 1. The second-order valence-corrected chi connectivity index (χ2v) is 5.17. The Morgan fingerprint density at radius 2 is 1.82 bits per heavy atom. The molecular weight excluding hydrogens is 302 g/mol. The van der Waals surface area contributed by atoms with Crippen molar-refractivity contribution in [3.8, 4) is 0 Å². The zero-order chi connectivity index (χ0) is 16.1. The van der Waals surface area contributed by atoms with Gasteiger partial charge >= 0.3 is 5.97 Å². The highest BCUT2D eigenvalue weighted by Crippen LogP contribution is 2.12. The van der Waals surface area contributed by atoms with E-state index >= 15 is 0 Å². The largest absolute Gasteiger partial charge is 0.477 e. The first-order valence-electron chi connectivity index (χ1n) is 6.54. The van der Waals surface area contributed by atoms with Gasteiger partial charge in [-0.05, 0) is 42.8 Å². The van der Waals surface area contributed by atoms with Crippen molar-refractivity contribution in [1.82, 2.24) is 5.32 Å². The van der Waals surface area contributed by atoms with Gasteiger partial charge in [0.1, 0.15) is 5.70 Å². The highest BCUT2D eigenvalue weighted by molar-refractivity contribution is 6.30. The number of hydrogen-bond acceptors (Lipinski definition) is 2. The standard InChI is InChI=1S/C17H14ClNO3/c1-11-3-2-4-13(9-11)16(20)19-15(17(21)22)10-12-5-7-14(18)8-6-12/h2-10H,1H3,(H,19,20)(H,21,22)/b15-10+. The highest BCUT2D eigenvalue weighted by atomic mass is 35.5. The van der Waals surface area contributed by atoms with E-state index in [0.717, 1.165) is 5.56 Å². The van der Waals surface area contributed by atoms with Crippen LogP contribution in [0.2, 0.25) is 5.02 Å². The van der Waals surface area contributed by atoms with Crippen molar-refractivity contribution in [3.05, 3.63) is 75.9 Å². The number of carbonyl (C=O) groups excluding carboxylic acids is 1. The molecule has 1 amide bonds. The highest BCUT2D eigenvalue weighted by Gasteiger charge is 2.13. The molecule has 0 spiro atoms. The molecule has 2 N–H and O–H groups in total. The first-order chi connectivity index (χ1) is 10.5. The van der Waals surface area contributed by atoms with E-state index in [1.165, 1.54) is 6.08 Å². The Kier molecular flexibility index (Phi) is 4.96. The topological polar surface area (TPSA) is 66.4 Å². The van der Waals surface area contributed by atoms with Gasteiger partial charge in [0.15, 0.2) is 0 Å². The average molecular weight is 316 g/mol. The number of halogens is 1. The summed E-state index contributed by atoms with van der Waals surface area (Å²) in [5.74, 6) is -1.68. The summed E-state index contributed by atoms with van der Waals surface area (Å²) >= 11 is 5.78. The molecule has 0 atom stereocenters. The van der Waals surface area contributed by atoms with Crippen LogP contribution >= 0.6 is 11.6 Å². The maximum absolute atomic E-state index is 12.1. The molecule has 0 fully saturated rings. The number of hydrogen-bond donors (Lipinski definition) is 2. The fourth-order valence-electron chi connectivity index (χ4n) is 1.86. The first-order valence-corrected chi connectivity index (χ1v) is 6.92. The van der Waals surface area contributed by atoms with Crippen LogP contribution in [0.1, 0.15) is 21.5 Å². The molecule has 0 aliphatic carbocycles. The molecule has 2 aromatic carbocycles. The minimum Gasteiger partial charge on any atom is -0.477 e. The van der Waals surface area contributed by atoms with Crippen molar-refractivity contribution in [1.29, 1.82) is 0 Å². The smallest absolute Gasteiger partial charge is 0.352 e. The summed E-state index contributed by atoms with van der Waals surface area (Å²) in [6, 6.07) is 13.6. The number of aliphatic carboxylic acids is 1. The van der Waals surface area contributed by atoms with Crippen molar-refractivity contribution >= 4 is 29.6 Å². The van der Waals surface area contributed by atoms with Crippen LogP contribution in [0.4, 0.5) is 0 Å². The third kappa shape index (κ3) is 4.20. The number of carbonyl (C=O) groups is 2. The van der Waals surface area contributed by atoms with Crippen LogP contribution in [0.15, 0.2) is 54.2 Å². The molecule has 0 aromatic heterocycles. The predicted octanol–water partition coefficient (Wildman–Crippen LogP) is 3.50. The number of carboxylic acid groups (broad SMARTS) is 1. The average Bonchev–Trinajstić information content (AvgIpc) is 2.48. The van der Waals surface area contributed by atoms with E-state index in [4.69, 9.17) is 11.6 Å². The normalized spacial score (nSPS) is 11.1. The van der Waals surface area contributed by atoms with Crippen LogP contribution in [-0.4, -0.2) is 17.0 Å². The van der Waals surface area contributed by atoms with Gasteiger partial charge in [-0.25, -0.2) is 4.79 Å². The van der Waals surface area contributed by atoms with E-state index in [1.54, 1.807) is 42.5 Å². The lowest BCUT2D eigenvalue weighted by molar-refractivity contribution is -0.132. The number of aryl methyl sites for hydroxylation is 1. The molecule has 0 aliphatic heterocycles. The molecule has 0 unspecified atom stereocenters. The van der Waals surface area contributed by atoms with Crippen molar-refractivity contribution in [2.75, 3.05) is 0 Å². The monoisotopic (exact) mass is 315 g/mol. The van der Waals surface area contributed by atoms with E-state index in [1.807, 2.05) is 13.0 Å². The summed E-state index contributed by atoms with van der Waals surface area (Å²) in [7, 11) is 0. The maximum atomic E-state index is 12.1. The SMILES string of the molecule is Cc1cccc(C(=O)N/C(=C/c2ccc(Cl)cc2)C(=O)O)c1. The van der Waals surface area contributed by atoms with Gasteiger partial charge in [0.2, 0.25) is 0 Å². The van der Waals surface area contributed by atoms with E-state index in [0.29, 0.717) is 16.1 Å². The van der Waals surface area contributed by atoms with E-state index < -0.39 is 11.9 Å². The minimum absolute atomic E-state index is 0.200. The lowest BCUT2D eigenvalue weighted by atomic mass is 10.1. The lowest BCUT2D eigenvalue weighted by Gasteiger charge is -2.07. The Balaban J connectivity index is 2.24. The summed E-state index contributed by atoms with van der Waals surface area (Å²) in [5.41, 5.74) is 1.76. The summed E-state index contributed by atoms with van der Waals surface area (Å²) in [6.07, 6.45) is 1.38. The van der Waals surface area contributed by atoms with Crippen molar-refractivity contribution in [3.63, 3.8) is 0 Å². The summed E-state index contributed by atoms with van der Waals surface area (Å²) in [5, 5.41) is 12.2. The van der Waals surface area contributed by atoms with Gasteiger partial charge in [-0.15, -0.1) is 0 Å². The summed E-state index contributed by atoms with van der Waals surface area (Å²) in [6.45, 7) is 1.86. The molecule has 112 valence electrons. The molecular formula is C17H14ClNO3. The molecule has 0 bridgehead atoms. The minimum atomic E-state index is -1.21. The Morgan fingerprint density at radius 1 is 1.14 bits per heavy atom. The zero-order valence-electron chi connectivity index (χ0n) is 11.8. The van der Waals surface area contributed by atoms with Gasteiger partial charge in [-0.2, -0.15) is 0 Å². The van der Waals surface area contributed by atoms with Gasteiger partial charge in [0.25, 0.3) is 5.91 Å². The second-order valence-electron chi connectivity index (χ2n) is 4.74. The Labute approximate surface area is 133 Å². The Hall–Kier alpha value is -2.59. The molecule has 0 radical (unpaired) electrons. The molecule has 0 heterocycles. The third-order valence-corrected chi connectivity index (χ3v) is 3.19. The van der Waals surface area contributed by atoms with E-state index in [-0.39, 0.29) is 5.70 Å². The van der Waals surface area contributed by atoms with Crippen LogP contribution in [0.5, 0.6) is 0 Å². The van der Waals surface area contributed by atoms with Crippen molar-refractivity contribution in [2.24, 2.45) is 0 Å². The fraction of sp³-hybridized carbons (Fsp3) is 0.0588. The van der Waals surface area contributed by atoms with Crippen molar-refractivity contribution < 1.29 is 14.7 Å². The predicted molar refractivity (Wildman–Crippen MR) is 85.7 cm³/mol. The third-order valence-electron chi connectivity index (χ3n) is 2.94. The molecule has 5 heteroatoms. The van der Waals surface area contributed by atoms with Gasteiger partial charge in [-0.1, -0.05) is 41.4 Å². The quantitative estimate of drug-likeness (QED) is 0.849. The summed E-state index contributed by atoms with van der Waals surface area (Å²) < 4.78 is 0. The van der Waals surface area contributed by atoms with Gasteiger partial charge in [0, 0.05) is 10.6 Å². The van der Waals surface area contributed by atoms with Crippen LogP contribution in [0.3, 0.4) is 0 Å². The van der Waals surface area contributed by atoms with Gasteiger partial charge in [-0.3, -0.25) is 4.79 Å². The zero-order valence-corrected chi connectivity index (χ0v) is 12.6. The van der Waals surface area contributed by atoms with Gasteiger partial charge < -0.3 is 10.4 Å². The number of carboxylic acids is 1. The number of rotatable bonds is 4. The second kappa shape index (κ2) is 6.91. The first kappa shape index (κ1) is 15.8. The molecule has 0 saturated heterocycles. The van der Waals surface area contributed by atoms with E-state index in [9.17, 15) is 14.7 Å². The maximum Gasteiger partial charge on any atom is 0.352 e. The van der Waals surface area contributed by atoms with Gasteiger partial charge in [0.05, 0.1) is 0 Å². The molecule has 2 rings (SSSR count). The molecule has 0 saturated carbocycles. The molecule has 22 heavy (non-hydrogen) atoms.